The topological polar surface area (TPSA) is 32.3 Å². The minimum absolute atomic E-state index is 0.118. The maximum Gasteiger partial charge on any atom is 0.0527 e. The van der Waals surface area contributed by atoms with Crippen molar-refractivity contribution in [3.05, 3.63) is 35.4 Å². The van der Waals surface area contributed by atoms with Crippen LogP contribution in [0.5, 0.6) is 0 Å². The van der Waals surface area contributed by atoms with Gasteiger partial charge < -0.3 is 10.4 Å². The molecule has 3 rings (SSSR count). The average molecular weight is 217 g/mol. The summed E-state index contributed by atoms with van der Waals surface area (Å²) in [4.78, 5) is 0. The summed E-state index contributed by atoms with van der Waals surface area (Å²) in [5, 5.41) is 12.8. The summed E-state index contributed by atoms with van der Waals surface area (Å²) in [5.41, 5.74) is 2.89. The van der Waals surface area contributed by atoms with E-state index < -0.39 is 0 Å². The van der Waals surface area contributed by atoms with Crippen molar-refractivity contribution in [2.45, 2.75) is 30.6 Å². The van der Waals surface area contributed by atoms with Gasteiger partial charge in [-0.3, -0.25) is 0 Å². The van der Waals surface area contributed by atoms with Gasteiger partial charge in [0.25, 0.3) is 0 Å². The van der Waals surface area contributed by atoms with Crippen LogP contribution in [0.3, 0.4) is 0 Å². The normalized spacial score (nSPS) is 26.9. The van der Waals surface area contributed by atoms with E-state index in [1.165, 1.54) is 17.5 Å². The van der Waals surface area contributed by atoms with Gasteiger partial charge >= 0.3 is 0 Å². The van der Waals surface area contributed by atoms with Crippen LogP contribution in [0.2, 0.25) is 0 Å². The summed E-state index contributed by atoms with van der Waals surface area (Å²) in [6, 6.07) is 8.94. The first-order valence-electron chi connectivity index (χ1n) is 6.26. The molecule has 2 aliphatic rings. The van der Waals surface area contributed by atoms with Gasteiger partial charge in [-0.25, -0.2) is 0 Å². The van der Waals surface area contributed by atoms with E-state index in [9.17, 15) is 5.11 Å². The highest BCUT2D eigenvalue weighted by Crippen LogP contribution is 2.47. The van der Waals surface area contributed by atoms with Crippen LogP contribution < -0.4 is 5.32 Å². The molecule has 1 aliphatic heterocycles. The number of hydrogen-bond donors (Lipinski definition) is 2. The lowest BCUT2D eigenvalue weighted by Gasteiger charge is -2.14. The van der Waals surface area contributed by atoms with E-state index >= 15 is 0 Å². The van der Waals surface area contributed by atoms with Crippen LogP contribution >= 0.6 is 0 Å². The Balaban J connectivity index is 1.79. The zero-order chi connectivity index (χ0) is 11.0. The van der Waals surface area contributed by atoms with Crippen molar-refractivity contribution in [1.82, 2.24) is 5.32 Å². The predicted molar refractivity (Wildman–Crippen MR) is 64.7 cm³/mol. The van der Waals surface area contributed by atoms with Crippen LogP contribution in [0.1, 0.15) is 36.3 Å². The Kier molecular flexibility index (Phi) is 2.49. The van der Waals surface area contributed by atoms with E-state index in [0.29, 0.717) is 12.5 Å². The molecule has 1 saturated carbocycles. The van der Waals surface area contributed by atoms with Gasteiger partial charge in [0.1, 0.15) is 0 Å². The number of aliphatic hydroxyl groups excluding tert-OH is 1. The van der Waals surface area contributed by atoms with Crippen molar-refractivity contribution >= 4 is 0 Å². The lowest BCUT2D eigenvalue weighted by atomic mass is 9.92. The molecule has 1 atom stereocenters. The summed E-state index contributed by atoms with van der Waals surface area (Å²) in [6.07, 6.45) is 3.55. The largest absolute Gasteiger partial charge is 0.395 e. The lowest BCUT2D eigenvalue weighted by molar-refractivity contribution is 0.255. The molecule has 2 N–H and O–H groups in total. The molecule has 1 unspecified atom stereocenters. The Morgan fingerprint density at radius 3 is 2.50 bits per heavy atom. The van der Waals surface area contributed by atoms with E-state index in [1.54, 1.807) is 0 Å². The third-order valence-corrected chi connectivity index (χ3v) is 4.21. The molecular formula is C14H19NO. The van der Waals surface area contributed by atoms with Gasteiger partial charge in [0.2, 0.25) is 0 Å². The molecule has 0 spiro atoms. The minimum Gasteiger partial charge on any atom is -0.395 e. The van der Waals surface area contributed by atoms with Crippen molar-refractivity contribution in [1.29, 1.82) is 0 Å². The van der Waals surface area contributed by atoms with Crippen molar-refractivity contribution < 1.29 is 5.11 Å². The highest BCUT2D eigenvalue weighted by molar-refractivity contribution is 5.35. The number of hydrogen-bond acceptors (Lipinski definition) is 2. The third kappa shape index (κ3) is 1.66. The highest BCUT2D eigenvalue weighted by Gasteiger charge is 2.43. The third-order valence-electron chi connectivity index (χ3n) is 4.21. The second-order valence-corrected chi connectivity index (χ2v) is 5.25. The second-order valence-electron chi connectivity index (χ2n) is 5.25. The van der Waals surface area contributed by atoms with E-state index in [2.05, 4.69) is 29.6 Å². The molecule has 1 aliphatic carbocycles. The monoisotopic (exact) mass is 217 g/mol. The molecule has 86 valence electrons. The predicted octanol–water partition coefficient (Wildman–Crippen LogP) is 1.79. The van der Waals surface area contributed by atoms with Crippen molar-refractivity contribution in [3.8, 4) is 0 Å². The fourth-order valence-corrected chi connectivity index (χ4v) is 2.74. The summed E-state index contributed by atoms with van der Waals surface area (Å²) < 4.78 is 0. The van der Waals surface area contributed by atoms with E-state index in [4.69, 9.17) is 0 Å². The quantitative estimate of drug-likeness (QED) is 0.809. The fraction of sp³-hybridized carbons (Fsp3) is 0.571. The highest BCUT2D eigenvalue weighted by atomic mass is 16.3. The van der Waals surface area contributed by atoms with Gasteiger partial charge in [0.15, 0.2) is 0 Å². The Morgan fingerprint density at radius 2 is 2.00 bits per heavy atom. The van der Waals surface area contributed by atoms with Gasteiger partial charge in [-0.2, -0.15) is 0 Å². The minimum atomic E-state index is 0.118. The molecule has 1 aromatic carbocycles. The molecule has 1 aromatic rings. The van der Waals surface area contributed by atoms with Crippen LogP contribution in [-0.4, -0.2) is 24.8 Å². The second kappa shape index (κ2) is 3.86. The number of nitrogens with one attached hydrogen (secondary N) is 1. The number of rotatable bonds is 3. The molecule has 2 nitrogen and oxygen atoms in total. The molecular weight excluding hydrogens is 198 g/mol. The van der Waals surface area contributed by atoms with E-state index in [1.807, 2.05) is 0 Å². The van der Waals surface area contributed by atoms with Crippen LogP contribution in [0, 0.1) is 0 Å². The van der Waals surface area contributed by atoms with Gasteiger partial charge in [0.05, 0.1) is 6.61 Å². The number of benzene rings is 1. The smallest absolute Gasteiger partial charge is 0.0527 e. The zero-order valence-electron chi connectivity index (χ0n) is 9.58. The van der Waals surface area contributed by atoms with Crippen molar-refractivity contribution in [3.63, 3.8) is 0 Å². The Labute approximate surface area is 96.7 Å². The maximum absolute atomic E-state index is 9.38. The van der Waals surface area contributed by atoms with Crippen LogP contribution in [0.15, 0.2) is 24.3 Å². The lowest BCUT2D eigenvalue weighted by Crippen LogP contribution is -2.12. The van der Waals surface area contributed by atoms with Gasteiger partial charge in [-0.15, -0.1) is 0 Å². The molecule has 0 radical (unpaired) electrons. The summed E-state index contributed by atoms with van der Waals surface area (Å²) in [7, 11) is 0. The first kappa shape index (κ1) is 10.3. The summed E-state index contributed by atoms with van der Waals surface area (Å²) in [6.45, 7) is 2.56. The fourth-order valence-electron chi connectivity index (χ4n) is 2.74. The van der Waals surface area contributed by atoms with Gasteiger partial charge in [-0.05, 0) is 42.9 Å². The SMILES string of the molecule is OCC1(c2ccc(C3CCNC3)cc2)CC1. The van der Waals surface area contributed by atoms with E-state index in [-0.39, 0.29) is 5.41 Å². The Hall–Kier alpha value is -0.860. The van der Waals surface area contributed by atoms with Crippen LogP contribution in [0.25, 0.3) is 0 Å². The molecule has 1 heterocycles. The standard InChI is InChI=1S/C14H19NO/c16-10-14(6-7-14)13-3-1-11(2-4-13)12-5-8-15-9-12/h1-4,12,15-16H,5-10H2. The zero-order valence-corrected chi connectivity index (χ0v) is 9.58. The Morgan fingerprint density at radius 1 is 1.25 bits per heavy atom. The molecule has 1 saturated heterocycles. The van der Waals surface area contributed by atoms with Crippen molar-refractivity contribution in [2.24, 2.45) is 0 Å². The summed E-state index contributed by atoms with van der Waals surface area (Å²) >= 11 is 0. The molecule has 2 fully saturated rings. The first-order valence-corrected chi connectivity index (χ1v) is 6.26. The van der Waals surface area contributed by atoms with Crippen LogP contribution in [-0.2, 0) is 5.41 Å². The summed E-state index contributed by atoms with van der Waals surface area (Å²) in [5.74, 6) is 0.693. The van der Waals surface area contributed by atoms with Crippen LogP contribution in [0.4, 0.5) is 0 Å². The molecule has 0 amide bonds. The van der Waals surface area contributed by atoms with Gasteiger partial charge in [0, 0.05) is 12.0 Å². The number of aliphatic hydroxyl groups is 1. The molecule has 0 aromatic heterocycles. The first-order chi connectivity index (χ1) is 7.84. The van der Waals surface area contributed by atoms with Gasteiger partial charge in [-0.1, -0.05) is 24.3 Å². The molecule has 0 bridgehead atoms. The molecule has 2 heteroatoms. The van der Waals surface area contributed by atoms with Crippen molar-refractivity contribution in [2.75, 3.05) is 19.7 Å². The maximum atomic E-state index is 9.38. The van der Waals surface area contributed by atoms with E-state index in [0.717, 1.165) is 25.9 Å². The average Bonchev–Trinajstić information content (AvgIpc) is 2.96. The Bertz CT molecular complexity index is 361. The molecule has 16 heavy (non-hydrogen) atoms.